The largest absolute Gasteiger partial charge is 0.479 e. The van der Waals surface area contributed by atoms with Gasteiger partial charge in [-0.05, 0) is 37.5 Å². The average Bonchev–Trinajstić information content (AvgIpc) is 3.24. The number of rotatable bonds is 7. The second-order valence-corrected chi connectivity index (χ2v) is 5.28. The summed E-state index contributed by atoms with van der Waals surface area (Å²) in [6, 6.07) is 9.95. The third-order valence-electron chi connectivity index (χ3n) is 3.76. The first kappa shape index (κ1) is 13.9. The van der Waals surface area contributed by atoms with Crippen molar-refractivity contribution in [2.24, 2.45) is 5.41 Å². The Balaban J connectivity index is 1.85. The van der Waals surface area contributed by atoms with Crippen LogP contribution in [0.4, 0.5) is 0 Å². The van der Waals surface area contributed by atoms with E-state index in [0.29, 0.717) is 5.75 Å². The fourth-order valence-electron chi connectivity index (χ4n) is 2.02. The monoisotopic (exact) mass is 260 g/mol. The van der Waals surface area contributed by atoms with Crippen LogP contribution in [0.25, 0.3) is 0 Å². The number of aliphatic hydroxyl groups is 1. The summed E-state index contributed by atoms with van der Waals surface area (Å²) in [6.45, 7) is 3.32. The van der Waals surface area contributed by atoms with Crippen molar-refractivity contribution in [1.82, 2.24) is 5.32 Å². The molecule has 2 N–H and O–H groups in total. The fraction of sp³-hybridized carbons (Fsp3) is 0.533. The van der Waals surface area contributed by atoms with E-state index in [9.17, 15) is 5.11 Å². The number of nitrogens with one attached hydrogen (secondary N) is 1. The Bertz CT molecular complexity index is 446. The van der Waals surface area contributed by atoms with E-state index in [-0.39, 0.29) is 24.7 Å². The summed E-state index contributed by atoms with van der Waals surface area (Å²) < 4.78 is 5.22. The van der Waals surface area contributed by atoms with E-state index in [4.69, 9.17) is 10.00 Å². The lowest BCUT2D eigenvalue weighted by molar-refractivity contribution is 0.204. The third kappa shape index (κ3) is 3.69. The molecule has 1 aromatic rings. The molecule has 2 rings (SSSR count). The van der Waals surface area contributed by atoms with Gasteiger partial charge in [-0.1, -0.05) is 12.1 Å². The van der Waals surface area contributed by atoms with Gasteiger partial charge in [0.25, 0.3) is 0 Å². The highest BCUT2D eigenvalue weighted by Crippen LogP contribution is 2.44. The lowest BCUT2D eigenvalue weighted by Gasteiger charge is -2.19. The number of benzene rings is 1. The Morgan fingerprint density at radius 1 is 1.42 bits per heavy atom. The molecule has 4 heteroatoms. The maximum Gasteiger partial charge on any atom is 0.174 e. The highest BCUT2D eigenvalue weighted by molar-refractivity contribution is 5.29. The van der Waals surface area contributed by atoms with Crippen molar-refractivity contribution in [1.29, 1.82) is 5.26 Å². The van der Waals surface area contributed by atoms with Crippen LogP contribution in [-0.4, -0.2) is 24.9 Å². The van der Waals surface area contributed by atoms with Gasteiger partial charge in [-0.2, -0.15) is 5.26 Å². The minimum atomic E-state index is 0.0756. The van der Waals surface area contributed by atoms with Crippen LogP contribution in [0.2, 0.25) is 0 Å². The number of hydrogen-bond acceptors (Lipinski definition) is 4. The van der Waals surface area contributed by atoms with Gasteiger partial charge in [-0.15, -0.1) is 0 Å². The van der Waals surface area contributed by atoms with Crippen LogP contribution >= 0.6 is 0 Å². The summed E-state index contributed by atoms with van der Waals surface area (Å²) >= 11 is 0. The molecular formula is C15H20N2O2. The molecule has 0 saturated heterocycles. The zero-order valence-corrected chi connectivity index (χ0v) is 11.2. The first-order chi connectivity index (χ1) is 9.19. The fourth-order valence-corrected chi connectivity index (χ4v) is 2.02. The van der Waals surface area contributed by atoms with Crippen LogP contribution in [0.1, 0.15) is 31.4 Å². The summed E-state index contributed by atoms with van der Waals surface area (Å²) in [7, 11) is 0. The summed E-state index contributed by atoms with van der Waals surface area (Å²) in [4.78, 5) is 0. The maximum atomic E-state index is 9.28. The molecule has 0 aliphatic heterocycles. The molecule has 0 aromatic heterocycles. The van der Waals surface area contributed by atoms with Gasteiger partial charge in [0, 0.05) is 24.6 Å². The number of hydrogen-bond donors (Lipinski definition) is 2. The number of aliphatic hydroxyl groups excluding tert-OH is 1. The second kappa shape index (κ2) is 6.05. The quantitative estimate of drug-likeness (QED) is 0.787. The maximum absolute atomic E-state index is 9.28. The minimum Gasteiger partial charge on any atom is -0.479 e. The SMILES string of the molecule is CC(NCC1(CO)CC1)c1ccc(OCC#N)cc1. The molecule has 1 atom stereocenters. The molecule has 0 spiro atoms. The molecule has 0 radical (unpaired) electrons. The van der Waals surface area contributed by atoms with E-state index in [1.165, 1.54) is 5.56 Å². The van der Waals surface area contributed by atoms with Crippen LogP contribution in [0.15, 0.2) is 24.3 Å². The standard InChI is InChI=1S/C15H20N2O2/c1-12(17-10-15(11-18)6-7-15)13-2-4-14(5-3-13)19-9-8-16/h2-5,12,17-18H,6-7,9-11H2,1H3. The minimum absolute atomic E-state index is 0.0756. The molecule has 1 aliphatic rings. The highest BCUT2D eigenvalue weighted by Gasteiger charge is 2.41. The first-order valence-electron chi connectivity index (χ1n) is 6.63. The van der Waals surface area contributed by atoms with Crippen molar-refractivity contribution in [3.05, 3.63) is 29.8 Å². The van der Waals surface area contributed by atoms with E-state index in [1.807, 2.05) is 30.3 Å². The summed E-state index contributed by atoms with van der Waals surface area (Å²) in [5.74, 6) is 0.714. The van der Waals surface area contributed by atoms with Crippen LogP contribution < -0.4 is 10.1 Å². The Kier molecular flexibility index (Phi) is 4.41. The molecule has 1 unspecified atom stereocenters. The first-order valence-corrected chi connectivity index (χ1v) is 6.63. The van der Waals surface area contributed by atoms with Crippen molar-refractivity contribution >= 4 is 0 Å². The molecule has 1 saturated carbocycles. The number of nitriles is 1. The topological polar surface area (TPSA) is 65.3 Å². The van der Waals surface area contributed by atoms with Gasteiger partial charge < -0.3 is 15.2 Å². The van der Waals surface area contributed by atoms with E-state index in [2.05, 4.69) is 12.2 Å². The van der Waals surface area contributed by atoms with Gasteiger partial charge in [0.1, 0.15) is 11.8 Å². The van der Waals surface area contributed by atoms with E-state index < -0.39 is 0 Å². The lowest BCUT2D eigenvalue weighted by atomic mass is 10.1. The Labute approximate surface area is 114 Å². The molecular weight excluding hydrogens is 240 g/mol. The Hall–Kier alpha value is -1.57. The highest BCUT2D eigenvalue weighted by atomic mass is 16.5. The van der Waals surface area contributed by atoms with Gasteiger partial charge in [-0.25, -0.2) is 0 Å². The Morgan fingerprint density at radius 2 is 2.11 bits per heavy atom. The summed E-state index contributed by atoms with van der Waals surface area (Å²) in [5.41, 5.74) is 1.31. The second-order valence-electron chi connectivity index (χ2n) is 5.28. The van der Waals surface area contributed by atoms with Gasteiger partial charge in [0.05, 0.1) is 0 Å². The number of ether oxygens (including phenoxy) is 1. The van der Waals surface area contributed by atoms with E-state index in [0.717, 1.165) is 19.4 Å². The molecule has 1 aromatic carbocycles. The van der Waals surface area contributed by atoms with Crippen LogP contribution in [-0.2, 0) is 0 Å². The zero-order valence-electron chi connectivity index (χ0n) is 11.2. The van der Waals surface area contributed by atoms with Crippen LogP contribution in [0.5, 0.6) is 5.75 Å². The van der Waals surface area contributed by atoms with Gasteiger partial charge in [-0.3, -0.25) is 0 Å². The summed E-state index contributed by atoms with van der Waals surface area (Å²) in [5, 5.41) is 21.2. The zero-order chi connectivity index (χ0) is 13.7. The predicted octanol–water partition coefficient (Wildman–Crippen LogP) is 2.01. The lowest BCUT2D eigenvalue weighted by Crippen LogP contribution is -2.28. The van der Waals surface area contributed by atoms with E-state index in [1.54, 1.807) is 0 Å². The smallest absolute Gasteiger partial charge is 0.174 e. The third-order valence-corrected chi connectivity index (χ3v) is 3.76. The predicted molar refractivity (Wildman–Crippen MR) is 72.7 cm³/mol. The molecule has 19 heavy (non-hydrogen) atoms. The van der Waals surface area contributed by atoms with Crippen LogP contribution in [0, 0.1) is 16.7 Å². The van der Waals surface area contributed by atoms with Crippen molar-refractivity contribution in [3.63, 3.8) is 0 Å². The van der Waals surface area contributed by atoms with Crippen molar-refractivity contribution < 1.29 is 9.84 Å². The number of nitrogens with zero attached hydrogens (tertiary/aromatic N) is 1. The van der Waals surface area contributed by atoms with Gasteiger partial charge >= 0.3 is 0 Å². The molecule has 0 amide bonds. The van der Waals surface area contributed by atoms with Crippen molar-refractivity contribution in [3.8, 4) is 11.8 Å². The van der Waals surface area contributed by atoms with Crippen LogP contribution in [0.3, 0.4) is 0 Å². The van der Waals surface area contributed by atoms with Gasteiger partial charge in [0.15, 0.2) is 6.61 Å². The van der Waals surface area contributed by atoms with Crippen molar-refractivity contribution in [2.45, 2.75) is 25.8 Å². The average molecular weight is 260 g/mol. The van der Waals surface area contributed by atoms with Gasteiger partial charge in [0.2, 0.25) is 0 Å². The van der Waals surface area contributed by atoms with Crippen molar-refractivity contribution in [2.75, 3.05) is 19.8 Å². The molecule has 1 aliphatic carbocycles. The normalized spacial score (nSPS) is 17.5. The Morgan fingerprint density at radius 3 is 2.63 bits per heavy atom. The molecule has 102 valence electrons. The van der Waals surface area contributed by atoms with E-state index >= 15 is 0 Å². The molecule has 0 heterocycles. The molecule has 0 bridgehead atoms. The molecule has 1 fully saturated rings. The molecule has 4 nitrogen and oxygen atoms in total. The summed E-state index contributed by atoms with van der Waals surface area (Å²) in [6.07, 6.45) is 2.23.